The molecule has 1 unspecified atom stereocenters. The average molecular weight is 457 g/mol. The van der Waals surface area contributed by atoms with E-state index in [4.69, 9.17) is 4.74 Å². The van der Waals surface area contributed by atoms with Crippen molar-refractivity contribution in [3.8, 4) is 5.75 Å². The molecule has 1 aliphatic rings. The lowest BCUT2D eigenvalue weighted by atomic mass is 10.2. The summed E-state index contributed by atoms with van der Waals surface area (Å²) in [6.45, 7) is 0.833. The van der Waals surface area contributed by atoms with E-state index in [1.165, 1.54) is 28.6 Å². The molecule has 0 saturated carbocycles. The standard InChI is InChI=1S/C22H20N2O5S2/c25-24(26)19-8-12-21(13-9-19)31(27,28)23-14-15-30-22(23)18-6-10-20(11-7-18)29-16-17-4-2-1-3-5-17/h1-13,22H,14-16H2. The second kappa shape index (κ2) is 9.09. The molecule has 31 heavy (non-hydrogen) atoms. The molecule has 0 spiro atoms. The fraction of sp³-hybridized carbons (Fsp3) is 0.182. The summed E-state index contributed by atoms with van der Waals surface area (Å²) in [5.74, 6) is 1.38. The number of hydrogen-bond acceptors (Lipinski definition) is 6. The number of sulfonamides is 1. The van der Waals surface area contributed by atoms with Crippen LogP contribution in [0.1, 0.15) is 16.5 Å². The molecule has 0 aromatic heterocycles. The van der Waals surface area contributed by atoms with Crippen LogP contribution in [-0.2, 0) is 16.6 Å². The number of ether oxygens (including phenoxy) is 1. The summed E-state index contributed by atoms with van der Waals surface area (Å²) in [4.78, 5) is 10.3. The summed E-state index contributed by atoms with van der Waals surface area (Å²) in [6, 6.07) is 22.3. The minimum atomic E-state index is -3.78. The van der Waals surface area contributed by atoms with Crippen molar-refractivity contribution in [2.45, 2.75) is 16.9 Å². The molecule has 1 aliphatic heterocycles. The summed E-state index contributed by atoms with van der Waals surface area (Å²) in [5, 5.41) is 10.5. The van der Waals surface area contributed by atoms with Crippen LogP contribution in [0.5, 0.6) is 5.75 Å². The SMILES string of the molecule is O=[N+]([O-])c1ccc(S(=O)(=O)N2CCSC2c2ccc(OCc3ccccc3)cc2)cc1. The zero-order valence-electron chi connectivity index (χ0n) is 16.5. The highest BCUT2D eigenvalue weighted by molar-refractivity contribution is 8.01. The van der Waals surface area contributed by atoms with E-state index in [1.54, 1.807) is 11.8 Å². The fourth-order valence-corrected chi connectivity index (χ4v) is 6.55. The Morgan fingerprint density at radius 2 is 1.68 bits per heavy atom. The molecular formula is C22H20N2O5S2. The summed E-state index contributed by atoms with van der Waals surface area (Å²) < 4.78 is 33.5. The smallest absolute Gasteiger partial charge is 0.269 e. The molecule has 0 aliphatic carbocycles. The van der Waals surface area contributed by atoms with Crippen molar-refractivity contribution in [3.63, 3.8) is 0 Å². The van der Waals surface area contributed by atoms with Crippen LogP contribution in [0.15, 0.2) is 83.8 Å². The minimum Gasteiger partial charge on any atom is -0.489 e. The summed E-state index contributed by atoms with van der Waals surface area (Å²) in [7, 11) is -3.78. The first kappa shape index (κ1) is 21.4. The maximum absolute atomic E-state index is 13.1. The summed E-state index contributed by atoms with van der Waals surface area (Å²) >= 11 is 1.55. The van der Waals surface area contributed by atoms with E-state index in [2.05, 4.69) is 0 Å². The molecule has 4 rings (SSSR count). The number of non-ortho nitro benzene ring substituents is 1. The van der Waals surface area contributed by atoms with Crippen molar-refractivity contribution in [2.24, 2.45) is 0 Å². The predicted octanol–water partition coefficient (Wildman–Crippen LogP) is 4.61. The van der Waals surface area contributed by atoms with Crippen LogP contribution >= 0.6 is 11.8 Å². The molecule has 9 heteroatoms. The lowest BCUT2D eigenvalue weighted by molar-refractivity contribution is -0.384. The lowest BCUT2D eigenvalue weighted by Crippen LogP contribution is -2.30. The molecule has 3 aromatic carbocycles. The zero-order valence-corrected chi connectivity index (χ0v) is 18.1. The Bertz CT molecular complexity index is 1150. The van der Waals surface area contributed by atoms with Crippen molar-refractivity contribution < 1.29 is 18.1 Å². The topological polar surface area (TPSA) is 89.8 Å². The van der Waals surface area contributed by atoms with E-state index in [0.717, 1.165) is 11.1 Å². The third-order valence-corrected chi connectivity index (χ3v) is 8.19. The zero-order chi connectivity index (χ0) is 21.8. The van der Waals surface area contributed by atoms with E-state index in [-0.39, 0.29) is 16.0 Å². The van der Waals surface area contributed by atoms with Crippen LogP contribution in [-0.4, -0.2) is 29.9 Å². The first-order chi connectivity index (χ1) is 14.9. The Kier molecular flexibility index (Phi) is 6.26. The Morgan fingerprint density at radius 1 is 1.00 bits per heavy atom. The van der Waals surface area contributed by atoms with Crippen LogP contribution in [0.25, 0.3) is 0 Å². The fourth-order valence-electron chi connectivity index (χ4n) is 3.31. The van der Waals surface area contributed by atoms with Gasteiger partial charge in [0.2, 0.25) is 10.0 Å². The maximum atomic E-state index is 13.1. The number of thioether (sulfide) groups is 1. The van der Waals surface area contributed by atoms with E-state index in [0.29, 0.717) is 24.7 Å². The number of nitro benzene ring substituents is 1. The second-order valence-corrected chi connectivity index (χ2v) is 10.0. The predicted molar refractivity (Wildman–Crippen MR) is 119 cm³/mol. The van der Waals surface area contributed by atoms with Crippen LogP contribution in [0.4, 0.5) is 5.69 Å². The van der Waals surface area contributed by atoms with E-state index >= 15 is 0 Å². The van der Waals surface area contributed by atoms with Gasteiger partial charge in [-0.2, -0.15) is 4.31 Å². The highest BCUT2D eigenvalue weighted by Gasteiger charge is 2.37. The first-order valence-electron chi connectivity index (χ1n) is 9.60. The Balaban J connectivity index is 1.49. The molecule has 3 aromatic rings. The summed E-state index contributed by atoms with van der Waals surface area (Å²) in [5.41, 5.74) is 1.79. The molecule has 0 N–H and O–H groups in total. The second-order valence-electron chi connectivity index (χ2n) is 6.93. The van der Waals surface area contributed by atoms with Gasteiger partial charge in [0.25, 0.3) is 5.69 Å². The Hall–Kier alpha value is -2.88. The first-order valence-corrected chi connectivity index (χ1v) is 12.1. The van der Waals surface area contributed by atoms with E-state index < -0.39 is 14.9 Å². The number of hydrogen-bond donors (Lipinski definition) is 0. The molecule has 1 heterocycles. The van der Waals surface area contributed by atoms with Gasteiger partial charge >= 0.3 is 0 Å². The van der Waals surface area contributed by atoms with Gasteiger partial charge in [0.1, 0.15) is 12.4 Å². The lowest BCUT2D eigenvalue weighted by Gasteiger charge is -2.23. The molecule has 1 fully saturated rings. The van der Waals surface area contributed by atoms with Gasteiger partial charge in [-0.15, -0.1) is 11.8 Å². The van der Waals surface area contributed by atoms with Crippen molar-refractivity contribution in [2.75, 3.05) is 12.3 Å². The molecule has 1 saturated heterocycles. The largest absolute Gasteiger partial charge is 0.489 e. The molecule has 1 atom stereocenters. The van der Waals surface area contributed by atoms with Crippen LogP contribution in [0.3, 0.4) is 0 Å². The van der Waals surface area contributed by atoms with Gasteiger partial charge in [-0.05, 0) is 35.4 Å². The third-order valence-electron chi connectivity index (χ3n) is 4.92. The third kappa shape index (κ3) is 4.73. The number of benzene rings is 3. The highest BCUT2D eigenvalue weighted by atomic mass is 32.2. The normalized spacial score (nSPS) is 16.8. The van der Waals surface area contributed by atoms with Crippen LogP contribution in [0, 0.1) is 10.1 Å². The molecule has 0 radical (unpaired) electrons. The molecule has 0 amide bonds. The maximum Gasteiger partial charge on any atom is 0.269 e. The molecule has 160 valence electrons. The van der Waals surface area contributed by atoms with E-state index in [9.17, 15) is 18.5 Å². The van der Waals surface area contributed by atoms with Crippen LogP contribution in [0.2, 0.25) is 0 Å². The molecular weight excluding hydrogens is 436 g/mol. The summed E-state index contributed by atoms with van der Waals surface area (Å²) in [6.07, 6.45) is 0. The quantitative estimate of drug-likeness (QED) is 0.381. The van der Waals surface area contributed by atoms with Gasteiger partial charge in [-0.25, -0.2) is 8.42 Å². The van der Waals surface area contributed by atoms with Crippen molar-refractivity contribution >= 4 is 27.5 Å². The van der Waals surface area contributed by atoms with Crippen molar-refractivity contribution in [1.82, 2.24) is 4.31 Å². The number of nitrogens with zero attached hydrogens (tertiary/aromatic N) is 2. The average Bonchev–Trinajstić information content (AvgIpc) is 3.30. The highest BCUT2D eigenvalue weighted by Crippen LogP contribution is 2.41. The van der Waals surface area contributed by atoms with Gasteiger partial charge in [0.15, 0.2) is 0 Å². The Labute approximate surface area is 184 Å². The van der Waals surface area contributed by atoms with Gasteiger partial charge < -0.3 is 4.74 Å². The molecule has 7 nitrogen and oxygen atoms in total. The van der Waals surface area contributed by atoms with Crippen LogP contribution < -0.4 is 4.74 Å². The number of nitro groups is 1. The monoisotopic (exact) mass is 456 g/mol. The molecule has 0 bridgehead atoms. The van der Waals surface area contributed by atoms with Crippen molar-refractivity contribution in [1.29, 1.82) is 0 Å². The van der Waals surface area contributed by atoms with E-state index in [1.807, 2.05) is 54.6 Å². The minimum absolute atomic E-state index is 0.0495. The van der Waals surface area contributed by atoms with Gasteiger partial charge in [-0.1, -0.05) is 42.5 Å². The van der Waals surface area contributed by atoms with Crippen molar-refractivity contribution in [3.05, 3.63) is 100 Å². The number of rotatable bonds is 7. The van der Waals surface area contributed by atoms with Gasteiger partial charge in [-0.3, -0.25) is 10.1 Å². The van der Waals surface area contributed by atoms with Gasteiger partial charge in [0.05, 0.1) is 15.2 Å². The Morgan fingerprint density at radius 3 is 2.32 bits per heavy atom. The van der Waals surface area contributed by atoms with Gasteiger partial charge in [0, 0.05) is 24.4 Å².